The molecule has 1 N–H and O–H groups in total. The summed E-state index contributed by atoms with van der Waals surface area (Å²) < 4.78 is 0. The number of hydrogen-bond acceptors (Lipinski definition) is 3. The summed E-state index contributed by atoms with van der Waals surface area (Å²) in [7, 11) is 0. The van der Waals surface area contributed by atoms with Gasteiger partial charge in [-0.1, -0.05) is 6.07 Å². The highest BCUT2D eigenvalue weighted by Crippen LogP contribution is 2.33. The number of hydrogen-bond donors (Lipinski definition) is 1. The van der Waals surface area contributed by atoms with E-state index in [4.69, 9.17) is 5.41 Å². The number of aromatic nitrogens is 1. The van der Waals surface area contributed by atoms with Crippen LogP contribution in [0.1, 0.15) is 23.6 Å². The second kappa shape index (κ2) is 4.45. The molecule has 0 aliphatic rings. The van der Waals surface area contributed by atoms with Gasteiger partial charge >= 0.3 is 0 Å². The van der Waals surface area contributed by atoms with Gasteiger partial charge in [0.2, 0.25) is 0 Å². The van der Waals surface area contributed by atoms with Crippen molar-refractivity contribution in [2.75, 3.05) is 0 Å². The first-order valence-corrected chi connectivity index (χ1v) is 5.57. The van der Waals surface area contributed by atoms with Crippen LogP contribution < -0.4 is 0 Å². The molecule has 0 saturated carbocycles. The number of aryl methyl sites for hydroxylation is 1. The fourth-order valence-electron chi connectivity index (χ4n) is 2.05. The number of pyridine rings is 1. The predicted molar refractivity (Wildman–Crippen MR) is 72.9 cm³/mol. The molecule has 1 aromatic carbocycles. The van der Waals surface area contributed by atoms with Crippen LogP contribution in [0.15, 0.2) is 23.3 Å². The molecule has 0 bridgehead atoms. The molecule has 17 heavy (non-hydrogen) atoms. The Labute approximate surface area is 101 Å². The standard InChI is InChI=1S/C14H15N3/c1-4-16-13-10(3)9(2)11-6-5-7-17-14(11)12(13)8-15/h4-8,15H,1-3H3/b15-8?,16-4-. The zero-order chi connectivity index (χ0) is 12.4. The lowest BCUT2D eigenvalue weighted by molar-refractivity contribution is 1.30. The van der Waals surface area contributed by atoms with Crippen LogP contribution in [0, 0.1) is 19.3 Å². The molecule has 3 heteroatoms. The Hall–Kier alpha value is -2.03. The van der Waals surface area contributed by atoms with E-state index in [-0.39, 0.29) is 0 Å². The first-order valence-electron chi connectivity index (χ1n) is 5.57. The van der Waals surface area contributed by atoms with Crippen molar-refractivity contribution in [1.82, 2.24) is 4.98 Å². The third-order valence-electron chi connectivity index (χ3n) is 3.04. The molecule has 1 aromatic heterocycles. The molecule has 3 nitrogen and oxygen atoms in total. The van der Waals surface area contributed by atoms with Gasteiger partial charge in [-0.05, 0) is 38.0 Å². The first-order chi connectivity index (χ1) is 8.20. The summed E-state index contributed by atoms with van der Waals surface area (Å²) in [6.45, 7) is 5.99. The fraction of sp³-hybridized carbons (Fsp3) is 0.214. The topological polar surface area (TPSA) is 49.1 Å². The Morgan fingerprint density at radius 1 is 1.29 bits per heavy atom. The third-order valence-corrected chi connectivity index (χ3v) is 3.04. The molecular formula is C14H15N3. The van der Waals surface area contributed by atoms with Gasteiger partial charge in [0.25, 0.3) is 0 Å². The van der Waals surface area contributed by atoms with Crippen LogP contribution in [0.2, 0.25) is 0 Å². The van der Waals surface area contributed by atoms with Crippen molar-refractivity contribution < 1.29 is 0 Å². The normalized spacial score (nSPS) is 11.2. The SMILES string of the molecule is C/C=N\c1c(C)c(C)c2cccnc2c1C=N. The van der Waals surface area contributed by atoms with Crippen molar-refractivity contribution in [3.05, 3.63) is 35.0 Å². The molecule has 0 radical (unpaired) electrons. The summed E-state index contributed by atoms with van der Waals surface area (Å²) in [5, 5.41) is 8.67. The average Bonchev–Trinajstić information content (AvgIpc) is 2.36. The van der Waals surface area contributed by atoms with Gasteiger partial charge in [-0.15, -0.1) is 0 Å². The molecular weight excluding hydrogens is 210 g/mol. The second-order valence-electron chi connectivity index (χ2n) is 3.94. The summed E-state index contributed by atoms with van der Waals surface area (Å²) in [5.41, 5.74) is 4.79. The number of benzene rings is 1. The van der Waals surface area contributed by atoms with E-state index >= 15 is 0 Å². The zero-order valence-corrected chi connectivity index (χ0v) is 10.3. The van der Waals surface area contributed by atoms with Gasteiger partial charge in [0.1, 0.15) is 0 Å². The zero-order valence-electron chi connectivity index (χ0n) is 10.3. The van der Waals surface area contributed by atoms with E-state index in [9.17, 15) is 0 Å². The number of fused-ring (bicyclic) bond motifs is 1. The molecule has 0 aliphatic carbocycles. The maximum atomic E-state index is 7.57. The van der Waals surface area contributed by atoms with Crippen molar-refractivity contribution >= 4 is 29.0 Å². The van der Waals surface area contributed by atoms with Crippen molar-refractivity contribution in [2.24, 2.45) is 4.99 Å². The molecule has 86 valence electrons. The second-order valence-corrected chi connectivity index (χ2v) is 3.94. The average molecular weight is 225 g/mol. The molecule has 2 aromatic rings. The number of aliphatic imine (C=N–C) groups is 1. The molecule has 0 spiro atoms. The summed E-state index contributed by atoms with van der Waals surface area (Å²) in [6, 6.07) is 3.96. The van der Waals surface area contributed by atoms with Crippen molar-refractivity contribution in [3.63, 3.8) is 0 Å². The highest BCUT2D eigenvalue weighted by molar-refractivity contribution is 6.04. The Kier molecular flexibility index (Phi) is 3.00. The van der Waals surface area contributed by atoms with Crippen LogP contribution in [0.4, 0.5) is 5.69 Å². The van der Waals surface area contributed by atoms with Gasteiger partial charge in [0, 0.05) is 29.6 Å². The van der Waals surface area contributed by atoms with Crippen LogP contribution in [-0.2, 0) is 0 Å². The highest BCUT2D eigenvalue weighted by atomic mass is 14.7. The van der Waals surface area contributed by atoms with E-state index in [1.807, 2.05) is 26.0 Å². The van der Waals surface area contributed by atoms with Crippen LogP contribution in [-0.4, -0.2) is 17.4 Å². The molecule has 0 unspecified atom stereocenters. The van der Waals surface area contributed by atoms with Gasteiger partial charge in [-0.25, -0.2) is 0 Å². The van der Waals surface area contributed by atoms with Crippen LogP contribution in [0.25, 0.3) is 10.9 Å². The summed E-state index contributed by atoms with van der Waals surface area (Å²) in [5.74, 6) is 0. The monoisotopic (exact) mass is 225 g/mol. The lowest BCUT2D eigenvalue weighted by atomic mass is 9.97. The molecule has 0 atom stereocenters. The van der Waals surface area contributed by atoms with Gasteiger partial charge in [0.05, 0.1) is 11.2 Å². The Morgan fingerprint density at radius 3 is 2.71 bits per heavy atom. The summed E-state index contributed by atoms with van der Waals surface area (Å²) in [6.07, 6.45) is 4.84. The molecule has 0 fully saturated rings. The molecule has 2 rings (SSSR count). The third kappa shape index (κ3) is 1.73. The van der Waals surface area contributed by atoms with Gasteiger partial charge in [-0.2, -0.15) is 0 Å². The largest absolute Gasteiger partial charge is 0.308 e. The minimum Gasteiger partial charge on any atom is -0.308 e. The maximum absolute atomic E-state index is 7.57. The van der Waals surface area contributed by atoms with E-state index in [1.54, 1.807) is 12.4 Å². The van der Waals surface area contributed by atoms with Crippen molar-refractivity contribution in [1.29, 1.82) is 5.41 Å². The smallest absolute Gasteiger partial charge is 0.0814 e. The number of rotatable bonds is 2. The van der Waals surface area contributed by atoms with Crippen molar-refractivity contribution in [2.45, 2.75) is 20.8 Å². The molecule has 0 aliphatic heterocycles. The quantitative estimate of drug-likeness (QED) is 0.780. The molecule has 0 saturated heterocycles. The van der Waals surface area contributed by atoms with E-state index < -0.39 is 0 Å². The minimum atomic E-state index is 0.793. The number of nitrogens with one attached hydrogen (secondary N) is 1. The minimum absolute atomic E-state index is 0.793. The summed E-state index contributed by atoms with van der Waals surface area (Å²) >= 11 is 0. The first kappa shape index (κ1) is 11.5. The predicted octanol–water partition coefficient (Wildman–Crippen LogP) is 3.57. The van der Waals surface area contributed by atoms with E-state index in [2.05, 4.69) is 16.9 Å². The Morgan fingerprint density at radius 2 is 2.06 bits per heavy atom. The lowest BCUT2D eigenvalue weighted by Crippen LogP contribution is -1.95. The molecule has 0 amide bonds. The highest BCUT2D eigenvalue weighted by Gasteiger charge is 2.12. The van der Waals surface area contributed by atoms with Gasteiger partial charge in [-0.3, -0.25) is 9.98 Å². The van der Waals surface area contributed by atoms with Crippen LogP contribution in [0.5, 0.6) is 0 Å². The van der Waals surface area contributed by atoms with E-state index in [0.29, 0.717) is 0 Å². The van der Waals surface area contributed by atoms with E-state index in [0.717, 1.165) is 27.7 Å². The maximum Gasteiger partial charge on any atom is 0.0814 e. The Bertz CT molecular complexity index is 612. The van der Waals surface area contributed by atoms with Gasteiger partial charge < -0.3 is 5.41 Å². The lowest BCUT2D eigenvalue weighted by Gasteiger charge is -2.12. The van der Waals surface area contributed by atoms with Gasteiger partial charge in [0.15, 0.2) is 0 Å². The van der Waals surface area contributed by atoms with E-state index in [1.165, 1.54) is 11.8 Å². The van der Waals surface area contributed by atoms with Crippen LogP contribution >= 0.6 is 0 Å². The Balaban J connectivity index is 3.00. The van der Waals surface area contributed by atoms with Crippen LogP contribution in [0.3, 0.4) is 0 Å². The number of nitrogens with zero attached hydrogens (tertiary/aromatic N) is 2. The fourth-order valence-corrected chi connectivity index (χ4v) is 2.05. The summed E-state index contributed by atoms with van der Waals surface area (Å²) in [4.78, 5) is 8.74. The van der Waals surface area contributed by atoms with Crippen molar-refractivity contribution in [3.8, 4) is 0 Å². The molecule has 1 heterocycles.